The molecule has 0 atom stereocenters. The van der Waals surface area contributed by atoms with Crippen molar-refractivity contribution in [3.05, 3.63) is 47.5 Å². The lowest BCUT2D eigenvalue weighted by Crippen LogP contribution is -2.30. The van der Waals surface area contributed by atoms with E-state index in [2.05, 4.69) is 20.1 Å². The first-order valence-corrected chi connectivity index (χ1v) is 8.49. The summed E-state index contributed by atoms with van der Waals surface area (Å²) in [6.45, 7) is 0. The van der Waals surface area contributed by atoms with Gasteiger partial charge in [0.2, 0.25) is 0 Å². The van der Waals surface area contributed by atoms with Crippen molar-refractivity contribution in [1.29, 1.82) is 0 Å². The number of hydrogen-bond acceptors (Lipinski definition) is 8. The van der Waals surface area contributed by atoms with Crippen LogP contribution in [-0.4, -0.2) is 52.2 Å². The topological polar surface area (TPSA) is 129 Å². The van der Waals surface area contributed by atoms with E-state index in [1.54, 1.807) is 6.07 Å². The second-order valence-electron chi connectivity index (χ2n) is 5.72. The van der Waals surface area contributed by atoms with Crippen molar-refractivity contribution in [2.24, 2.45) is 0 Å². The van der Waals surface area contributed by atoms with Gasteiger partial charge in [-0.3, -0.25) is 9.59 Å². The average Bonchev–Trinajstić information content (AvgIpc) is 2.77. The second-order valence-corrected chi connectivity index (χ2v) is 5.72. The van der Waals surface area contributed by atoms with E-state index >= 15 is 0 Å². The highest BCUT2D eigenvalue weighted by atomic mass is 16.5. The van der Waals surface area contributed by atoms with Crippen molar-refractivity contribution in [3.8, 4) is 11.5 Å². The van der Waals surface area contributed by atoms with Crippen LogP contribution in [0.1, 0.15) is 20.7 Å². The van der Waals surface area contributed by atoms with E-state index in [-0.39, 0.29) is 22.5 Å². The summed E-state index contributed by atoms with van der Waals surface area (Å²) in [4.78, 5) is 48.3. The van der Waals surface area contributed by atoms with Gasteiger partial charge < -0.3 is 29.6 Å². The SMILES string of the molecule is COC(=O)c1ccc(C(=O)OC)c(NC(=O)C(=O)Nc2ccc(OC)c(OC)c2)c1. The molecule has 2 rings (SSSR count). The van der Waals surface area contributed by atoms with Crippen LogP contribution in [0, 0.1) is 0 Å². The number of anilines is 2. The largest absolute Gasteiger partial charge is 0.493 e. The summed E-state index contributed by atoms with van der Waals surface area (Å²) in [7, 11) is 5.24. The lowest BCUT2D eigenvalue weighted by Gasteiger charge is -2.12. The minimum Gasteiger partial charge on any atom is -0.493 e. The number of methoxy groups -OCH3 is 4. The van der Waals surface area contributed by atoms with Gasteiger partial charge in [0, 0.05) is 11.8 Å². The molecular formula is C20H20N2O8. The van der Waals surface area contributed by atoms with Crippen LogP contribution in [0.4, 0.5) is 11.4 Å². The van der Waals surface area contributed by atoms with Gasteiger partial charge in [0.1, 0.15) is 0 Å². The normalized spacial score (nSPS) is 9.87. The number of ether oxygens (including phenoxy) is 4. The number of amides is 2. The van der Waals surface area contributed by atoms with Gasteiger partial charge in [0.25, 0.3) is 0 Å². The standard InChI is InChI=1S/C20H20N2O8/c1-27-15-8-6-12(10-16(15)28-2)21-17(23)18(24)22-14-9-11(19(25)29-3)5-7-13(14)20(26)30-4/h5-10H,1-4H3,(H,21,23)(H,22,24). The summed E-state index contributed by atoms with van der Waals surface area (Å²) in [6.07, 6.45) is 0. The van der Waals surface area contributed by atoms with E-state index in [0.717, 1.165) is 7.11 Å². The summed E-state index contributed by atoms with van der Waals surface area (Å²) in [5, 5.41) is 4.71. The quantitative estimate of drug-likeness (QED) is 0.539. The first-order chi connectivity index (χ1) is 14.3. The fraction of sp³-hybridized carbons (Fsp3) is 0.200. The molecule has 0 aliphatic rings. The molecule has 2 amide bonds. The number of nitrogens with one attached hydrogen (secondary N) is 2. The molecule has 0 saturated carbocycles. The first-order valence-electron chi connectivity index (χ1n) is 8.49. The van der Waals surface area contributed by atoms with Gasteiger partial charge in [0.05, 0.1) is 45.3 Å². The number of carbonyl (C=O) groups excluding carboxylic acids is 4. The maximum Gasteiger partial charge on any atom is 0.339 e. The fourth-order valence-corrected chi connectivity index (χ4v) is 2.46. The van der Waals surface area contributed by atoms with Crippen LogP contribution >= 0.6 is 0 Å². The van der Waals surface area contributed by atoms with E-state index in [9.17, 15) is 19.2 Å². The molecule has 2 N–H and O–H groups in total. The fourth-order valence-electron chi connectivity index (χ4n) is 2.46. The zero-order valence-corrected chi connectivity index (χ0v) is 16.7. The van der Waals surface area contributed by atoms with Crippen molar-refractivity contribution in [2.75, 3.05) is 39.1 Å². The van der Waals surface area contributed by atoms with E-state index in [4.69, 9.17) is 9.47 Å². The summed E-state index contributed by atoms with van der Waals surface area (Å²) in [6, 6.07) is 8.37. The molecule has 0 heterocycles. The monoisotopic (exact) mass is 416 g/mol. The molecule has 10 nitrogen and oxygen atoms in total. The summed E-state index contributed by atoms with van der Waals surface area (Å²) in [5.74, 6) is -2.73. The highest BCUT2D eigenvalue weighted by Gasteiger charge is 2.21. The maximum atomic E-state index is 12.4. The Kier molecular flexibility index (Phi) is 7.34. The third-order valence-corrected chi connectivity index (χ3v) is 3.94. The summed E-state index contributed by atoms with van der Waals surface area (Å²) < 4.78 is 19.5. The third-order valence-electron chi connectivity index (χ3n) is 3.94. The molecule has 0 aliphatic heterocycles. The molecule has 0 aromatic heterocycles. The highest BCUT2D eigenvalue weighted by Crippen LogP contribution is 2.29. The molecule has 158 valence electrons. The van der Waals surface area contributed by atoms with Gasteiger partial charge in [-0.25, -0.2) is 9.59 Å². The Bertz CT molecular complexity index is 987. The summed E-state index contributed by atoms with van der Waals surface area (Å²) in [5.41, 5.74) is 0.222. The van der Waals surface area contributed by atoms with Crippen molar-refractivity contribution in [1.82, 2.24) is 0 Å². The van der Waals surface area contributed by atoms with E-state index in [1.165, 1.54) is 51.7 Å². The highest BCUT2D eigenvalue weighted by molar-refractivity contribution is 6.44. The molecule has 10 heteroatoms. The molecule has 0 fully saturated rings. The first kappa shape index (κ1) is 22.2. The minimum atomic E-state index is -1.07. The molecule has 0 aliphatic carbocycles. The van der Waals surface area contributed by atoms with Crippen LogP contribution in [0.3, 0.4) is 0 Å². The van der Waals surface area contributed by atoms with Crippen molar-refractivity contribution < 1.29 is 38.1 Å². The molecule has 0 bridgehead atoms. The van der Waals surface area contributed by atoms with Crippen molar-refractivity contribution in [2.45, 2.75) is 0 Å². The molecule has 2 aromatic carbocycles. The molecule has 2 aromatic rings. The van der Waals surface area contributed by atoms with Gasteiger partial charge >= 0.3 is 23.8 Å². The zero-order valence-electron chi connectivity index (χ0n) is 16.7. The Morgan fingerprint density at radius 3 is 1.93 bits per heavy atom. The van der Waals surface area contributed by atoms with Gasteiger partial charge in [-0.05, 0) is 30.3 Å². The smallest absolute Gasteiger partial charge is 0.339 e. The van der Waals surface area contributed by atoms with Gasteiger partial charge in [0.15, 0.2) is 11.5 Å². The van der Waals surface area contributed by atoms with Crippen molar-refractivity contribution >= 4 is 35.1 Å². The predicted octanol–water partition coefficient (Wildman–Crippen LogP) is 1.85. The average molecular weight is 416 g/mol. The second kappa shape index (κ2) is 9.92. The number of hydrogen-bond donors (Lipinski definition) is 2. The molecule has 0 saturated heterocycles. The molecule has 0 radical (unpaired) electrons. The van der Waals surface area contributed by atoms with Crippen LogP contribution in [0.5, 0.6) is 11.5 Å². The van der Waals surface area contributed by atoms with E-state index < -0.39 is 23.8 Å². The van der Waals surface area contributed by atoms with Crippen LogP contribution in [-0.2, 0) is 19.1 Å². The molecule has 0 spiro atoms. The Hall–Kier alpha value is -4.08. The Labute approximate surface area is 172 Å². The van der Waals surface area contributed by atoms with E-state index in [1.807, 2.05) is 0 Å². The maximum absolute atomic E-state index is 12.4. The minimum absolute atomic E-state index is 0.0441. The zero-order chi connectivity index (χ0) is 22.3. The Morgan fingerprint density at radius 2 is 1.33 bits per heavy atom. The summed E-state index contributed by atoms with van der Waals surface area (Å²) >= 11 is 0. The van der Waals surface area contributed by atoms with Gasteiger partial charge in [-0.1, -0.05) is 0 Å². The third kappa shape index (κ3) is 5.04. The molecule has 0 unspecified atom stereocenters. The lowest BCUT2D eigenvalue weighted by atomic mass is 10.1. The number of rotatable bonds is 6. The molecular weight excluding hydrogens is 396 g/mol. The Balaban J connectivity index is 2.24. The van der Waals surface area contributed by atoms with Crippen LogP contribution in [0.15, 0.2) is 36.4 Å². The lowest BCUT2D eigenvalue weighted by molar-refractivity contribution is -0.133. The number of carbonyl (C=O) groups is 4. The van der Waals surface area contributed by atoms with Gasteiger partial charge in [-0.2, -0.15) is 0 Å². The van der Waals surface area contributed by atoms with Crippen LogP contribution in [0.25, 0.3) is 0 Å². The van der Waals surface area contributed by atoms with Gasteiger partial charge in [-0.15, -0.1) is 0 Å². The van der Waals surface area contributed by atoms with Crippen LogP contribution in [0.2, 0.25) is 0 Å². The van der Waals surface area contributed by atoms with E-state index in [0.29, 0.717) is 11.5 Å². The molecule has 30 heavy (non-hydrogen) atoms. The van der Waals surface area contributed by atoms with Crippen molar-refractivity contribution in [3.63, 3.8) is 0 Å². The Morgan fingerprint density at radius 1 is 0.700 bits per heavy atom. The van der Waals surface area contributed by atoms with Crippen LogP contribution < -0.4 is 20.1 Å². The predicted molar refractivity (Wildman–Crippen MR) is 106 cm³/mol. The number of benzene rings is 2. The number of esters is 2.